The van der Waals surface area contributed by atoms with Crippen LogP contribution in [0.25, 0.3) is 0 Å². The van der Waals surface area contributed by atoms with Gasteiger partial charge >= 0.3 is 5.97 Å². The zero-order valence-electron chi connectivity index (χ0n) is 15.0. The summed E-state index contributed by atoms with van der Waals surface area (Å²) in [5.41, 5.74) is 1.38. The summed E-state index contributed by atoms with van der Waals surface area (Å²) in [4.78, 5) is 12.9. The molecule has 0 aromatic heterocycles. The van der Waals surface area contributed by atoms with Gasteiger partial charge in [-0.25, -0.2) is 0 Å². The van der Waals surface area contributed by atoms with Crippen molar-refractivity contribution < 1.29 is 9.53 Å². The Labute approximate surface area is 159 Å². The topological polar surface area (TPSA) is 26.3 Å². The van der Waals surface area contributed by atoms with Crippen molar-refractivity contribution in [3.8, 4) is 0 Å². The molecule has 0 bridgehead atoms. The van der Waals surface area contributed by atoms with E-state index in [2.05, 4.69) is 43.4 Å². The van der Waals surface area contributed by atoms with Gasteiger partial charge in [0, 0.05) is 3.92 Å². The Hall–Kier alpha value is -0.580. The number of carbonyl (C=O) groups is 1. The number of alkyl halides is 1. The van der Waals surface area contributed by atoms with Crippen LogP contribution in [0.1, 0.15) is 52.0 Å². The minimum atomic E-state index is 0.0210. The first-order chi connectivity index (χ1) is 11.4. The first-order valence-electron chi connectivity index (χ1n) is 9.26. The summed E-state index contributed by atoms with van der Waals surface area (Å²) in [6, 6.07) is 10.0. The molecule has 3 heteroatoms. The van der Waals surface area contributed by atoms with E-state index in [-0.39, 0.29) is 11.9 Å². The first kappa shape index (κ1) is 18.2. The van der Waals surface area contributed by atoms with Crippen LogP contribution < -0.4 is 0 Å². The van der Waals surface area contributed by atoms with Crippen molar-refractivity contribution in [1.29, 1.82) is 0 Å². The lowest BCUT2D eigenvalue weighted by Gasteiger charge is -2.47. The van der Waals surface area contributed by atoms with Crippen LogP contribution in [-0.4, -0.2) is 9.89 Å². The third-order valence-electron chi connectivity index (χ3n) is 6.26. The van der Waals surface area contributed by atoms with Crippen molar-refractivity contribution in [2.24, 2.45) is 29.1 Å². The number of rotatable bonds is 5. The molecule has 3 unspecified atom stereocenters. The van der Waals surface area contributed by atoms with Gasteiger partial charge in [0.2, 0.25) is 0 Å². The average Bonchev–Trinajstić information content (AvgIpc) is 3.41. The van der Waals surface area contributed by atoms with E-state index in [4.69, 9.17) is 4.74 Å². The van der Waals surface area contributed by atoms with E-state index in [0.29, 0.717) is 27.8 Å². The molecule has 0 amide bonds. The summed E-state index contributed by atoms with van der Waals surface area (Å²) in [6.45, 7) is 7.32. The maximum absolute atomic E-state index is 12.9. The molecule has 2 aliphatic rings. The maximum Gasteiger partial charge on any atom is 0.309 e. The van der Waals surface area contributed by atoms with Crippen molar-refractivity contribution in [2.75, 3.05) is 0 Å². The third kappa shape index (κ3) is 3.81. The maximum atomic E-state index is 12.9. The molecule has 3 rings (SSSR count). The van der Waals surface area contributed by atoms with Crippen molar-refractivity contribution >= 4 is 28.6 Å². The van der Waals surface area contributed by atoms with Crippen LogP contribution >= 0.6 is 22.6 Å². The summed E-state index contributed by atoms with van der Waals surface area (Å²) < 4.78 is 6.41. The van der Waals surface area contributed by atoms with Crippen LogP contribution in [0.2, 0.25) is 0 Å². The molecule has 132 valence electrons. The quantitative estimate of drug-likeness (QED) is 0.337. The summed E-state index contributed by atoms with van der Waals surface area (Å²) in [5.74, 6) is 1.87. The molecule has 2 fully saturated rings. The zero-order chi connectivity index (χ0) is 17.3. The molecule has 1 aromatic rings. The molecule has 0 heterocycles. The number of esters is 1. The minimum Gasteiger partial charge on any atom is -0.461 e. The Morgan fingerprint density at radius 3 is 2.54 bits per heavy atom. The molecule has 2 saturated carbocycles. The summed E-state index contributed by atoms with van der Waals surface area (Å²) in [7, 11) is 0. The molecule has 2 aliphatic carbocycles. The molecule has 0 radical (unpaired) electrons. The Bertz CT molecular complexity index is 566. The van der Waals surface area contributed by atoms with Gasteiger partial charge in [0.15, 0.2) is 0 Å². The lowest BCUT2D eigenvalue weighted by Crippen LogP contribution is -2.46. The zero-order valence-corrected chi connectivity index (χ0v) is 17.2. The standard InChI is InChI=1S/C21H29IO2/c1-14(2)17-11-19(22)21(3,16-9-10-16)12-18(17)20(23)24-13-15-7-5-4-6-8-15/h4-8,14,16-19H,9-13H2,1-3H3/t17?,18?,19?,21-/m0/s1. The molecule has 0 spiro atoms. The monoisotopic (exact) mass is 440 g/mol. The van der Waals surface area contributed by atoms with E-state index in [0.717, 1.165) is 24.3 Å². The van der Waals surface area contributed by atoms with Crippen LogP contribution in [0, 0.1) is 29.1 Å². The summed E-state index contributed by atoms with van der Waals surface area (Å²) in [6.07, 6.45) is 4.83. The molecule has 0 N–H and O–H groups in total. The van der Waals surface area contributed by atoms with E-state index in [1.54, 1.807) is 0 Å². The first-order valence-corrected chi connectivity index (χ1v) is 10.5. The van der Waals surface area contributed by atoms with E-state index >= 15 is 0 Å². The highest BCUT2D eigenvalue weighted by molar-refractivity contribution is 14.1. The second-order valence-electron chi connectivity index (χ2n) is 8.30. The van der Waals surface area contributed by atoms with Gasteiger partial charge in [-0.3, -0.25) is 4.79 Å². The van der Waals surface area contributed by atoms with Crippen LogP contribution in [0.5, 0.6) is 0 Å². The van der Waals surface area contributed by atoms with E-state index < -0.39 is 0 Å². The Kier molecular flexibility index (Phi) is 5.58. The van der Waals surface area contributed by atoms with Gasteiger partial charge in [0.05, 0.1) is 5.92 Å². The van der Waals surface area contributed by atoms with Gasteiger partial charge in [0.25, 0.3) is 0 Å². The highest BCUT2D eigenvalue weighted by atomic mass is 127. The molecule has 2 nitrogen and oxygen atoms in total. The largest absolute Gasteiger partial charge is 0.461 e. The number of halogens is 1. The fourth-order valence-electron chi connectivity index (χ4n) is 4.42. The molecular formula is C21H29IO2. The van der Waals surface area contributed by atoms with E-state index in [1.165, 1.54) is 12.8 Å². The second-order valence-corrected chi connectivity index (χ2v) is 9.80. The van der Waals surface area contributed by atoms with Crippen molar-refractivity contribution in [1.82, 2.24) is 0 Å². The highest BCUT2D eigenvalue weighted by Crippen LogP contribution is 2.59. The second kappa shape index (κ2) is 7.35. The van der Waals surface area contributed by atoms with Crippen LogP contribution in [0.3, 0.4) is 0 Å². The molecule has 1 aromatic carbocycles. The summed E-state index contributed by atoms with van der Waals surface area (Å²) in [5, 5.41) is 0. The van der Waals surface area contributed by atoms with E-state index in [1.807, 2.05) is 30.3 Å². The van der Waals surface area contributed by atoms with Crippen LogP contribution in [-0.2, 0) is 16.1 Å². The molecule has 0 saturated heterocycles. The number of hydrogen-bond acceptors (Lipinski definition) is 2. The van der Waals surface area contributed by atoms with Crippen molar-refractivity contribution in [2.45, 2.75) is 57.0 Å². The van der Waals surface area contributed by atoms with Gasteiger partial charge in [-0.1, -0.05) is 73.7 Å². The Balaban J connectivity index is 1.70. The van der Waals surface area contributed by atoms with Gasteiger partial charge in [0.1, 0.15) is 6.61 Å². The lowest BCUT2D eigenvalue weighted by atomic mass is 9.61. The predicted molar refractivity (Wildman–Crippen MR) is 106 cm³/mol. The Morgan fingerprint density at radius 1 is 1.29 bits per heavy atom. The normalized spacial score (nSPS) is 33.5. The number of carbonyl (C=O) groups excluding carboxylic acids is 1. The fraction of sp³-hybridized carbons (Fsp3) is 0.667. The number of ether oxygens (including phenoxy) is 1. The third-order valence-corrected chi connectivity index (χ3v) is 8.20. The van der Waals surface area contributed by atoms with Crippen LogP contribution in [0.15, 0.2) is 30.3 Å². The molecule has 24 heavy (non-hydrogen) atoms. The van der Waals surface area contributed by atoms with E-state index in [9.17, 15) is 4.79 Å². The number of hydrogen-bond donors (Lipinski definition) is 0. The molecule has 4 atom stereocenters. The van der Waals surface area contributed by atoms with Gasteiger partial charge in [-0.15, -0.1) is 0 Å². The van der Waals surface area contributed by atoms with Crippen LogP contribution in [0.4, 0.5) is 0 Å². The van der Waals surface area contributed by atoms with Gasteiger partial charge in [-0.05, 0) is 54.4 Å². The lowest BCUT2D eigenvalue weighted by molar-refractivity contribution is -0.156. The van der Waals surface area contributed by atoms with Crippen molar-refractivity contribution in [3.05, 3.63) is 35.9 Å². The fourth-order valence-corrected chi connectivity index (χ4v) is 5.77. The predicted octanol–water partition coefficient (Wildman–Crippen LogP) is 5.63. The van der Waals surface area contributed by atoms with Crippen molar-refractivity contribution in [3.63, 3.8) is 0 Å². The smallest absolute Gasteiger partial charge is 0.309 e. The average molecular weight is 440 g/mol. The van der Waals surface area contributed by atoms with Gasteiger partial charge in [-0.2, -0.15) is 0 Å². The SMILES string of the molecule is CC(C)C1CC(I)[C@](C)(C2CC2)CC1C(=O)OCc1ccccc1. The Morgan fingerprint density at radius 2 is 1.96 bits per heavy atom. The summed E-state index contributed by atoms with van der Waals surface area (Å²) >= 11 is 2.65. The van der Waals surface area contributed by atoms with Gasteiger partial charge < -0.3 is 4.74 Å². The minimum absolute atomic E-state index is 0.0210. The highest BCUT2D eigenvalue weighted by Gasteiger charge is 2.53. The number of benzene rings is 1. The molecule has 0 aliphatic heterocycles. The molecular weight excluding hydrogens is 411 g/mol.